The summed E-state index contributed by atoms with van der Waals surface area (Å²) in [5, 5.41) is 14.0. The third-order valence-corrected chi connectivity index (χ3v) is 3.99. The van der Waals surface area contributed by atoms with Crippen molar-refractivity contribution in [3.8, 4) is 6.07 Å². The minimum absolute atomic E-state index is 0.323. The second kappa shape index (κ2) is 8.28. The number of thiophene rings is 1. The van der Waals surface area contributed by atoms with Crippen LogP contribution in [-0.4, -0.2) is 32.5 Å². The zero-order valence-electron chi connectivity index (χ0n) is 11.1. The lowest BCUT2D eigenvalue weighted by Gasteiger charge is -2.10. The van der Waals surface area contributed by atoms with Crippen molar-refractivity contribution in [3.05, 3.63) is 21.9 Å². The van der Waals surface area contributed by atoms with E-state index >= 15 is 0 Å². The number of hydrogen-bond donors (Lipinski definition) is 1. The molecule has 1 unspecified atom stereocenters. The highest BCUT2D eigenvalue weighted by Gasteiger charge is 2.14. The molecule has 1 aromatic rings. The molecule has 0 aromatic carbocycles. The first-order chi connectivity index (χ1) is 9.38. The van der Waals surface area contributed by atoms with E-state index < -0.39 is 0 Å². The van der Waals surface area contributed by atoms with Crippen LogP contribution in [0.4, 0.5) is 0 Å². The van der Waals surface area contributed by atoms with E-state index in [9.17, 15) is 0 Å². The average Bonchev–Trinajstić information content (AvgIpc) is 3.08. The predicted molar refractivity (Wildman–Crippen MR) is 75.2 cm³/mol. The number of nitriles is 1. The number of ether oxygens (including phenoxy) is 2. The molecule has 4 nitrogen and oxygen atoms in total. The maximum atomic E-state index is 8.72. The first-order valence-corrected chi connectivity index (χ1v) is 7.64. The van der Waals surface area contributed by atoms with Crippen LogP contribution in [-0.2, 0) is 16.0 Å². The Hall–Kier alpha value is -0.930. The molecule has 0 amide bonds. The second-order valence-corrected chi connectivity index (χ2v) is 5.65. The van der Waals surface area contributed by atoms with Gasteiger partial charge >= 0.3 is 0 Å². The SMILES string of the molecule is N#Cc1csc(CNCCCOCC2CCCO2)c1. The van der Waals surface area contributed by atoms with Gasteiger partial charge in [-0.05, 0) is 31.9 Å². The van der Waals surface area contributed by atoms with E-state index in [-0.39, 0.29) is 0 Å². The van der Waals surface area contributed by atoms with Crippen LogP contribution in [0.15, 0.2) is 11.4 Å². The molecular weight excluding hydrogens is 260 g/mol. The first kappa shape index (κ1) is 14.5. The van der Waals surface area contributed by atoms with Crippen LogP contribution in [0, 0.1) is 11.3 Å². The highest BCUT2D eigenvalue weighted by atomic mass is 32.1. The highest BCUT2D eigenvalue weighted by Crippen LogP contribution is 2.13. The molecule has 104 valence electrons. The summed E-state index contributed by atoms with van der Waals surface area (Å²) < 4.78 is 11.1. The maximum Gasteiger partial charge on any atom is 0.100 e. The molecule has 19 heavy (non-hydrogen) atoms. The third kappa shape index (κ3) is 5.29. The van der Waals surface area contributed by atoms with Crippen molar-refractivity contribution in [3.63, 3.8) is 0 Å². The van der Waals surface area contributed by atoms with E-state index in [1.54, 1.807) is 11.3 Å². The third-order valence-electron chi connectivity index (χ3n) is 3.05. The monoisotopic (exact) mass is 280 g/mol. The van der Waals surface area contributed by atoms with Gasteiger partial charge in [0.2, 0.25) is 0 Å². The second-order valence-electron chi connectivity index (χ2n) is 4.65. The lowest BCUT2D eigenvalue weighted by Crippen LogP contribution is -2.18. The lowest BCUT2D eigenvalue weighted by molar-refractivity contribution is 0.0166. The van der Waals surface area contributed by atoms with Crippen LogP contribution in [0.5, 0.6) is 0 Å². The van der Waals surface area contributed by atoms with E-state index in [1.807, 2.05) is 11.4 Å². The Labute approximate surface area is 118 Å². The fraction of sp³-hybridized carbons (Fsp3) is 0.643. The minimum Gasteiger partial charge on any atom is -0.379 e. The van der Waals surface area contributed by atoms with Gasteiger partial charge in [-0.1, -0.05) is 0 Å². The van der Waals surface area contributed by atoms with Crippen molar-refractivity contribution in [2.75, 3.05) is 26.4 Å². The number of nitrogens with zero attached hydrogens (tertiary/aromatic N) is 1. The van der Waals surface area contributed by atoms with Crippen molar-refractivity contribution in [2.45, 2.75) is 31.9 Å². The van der Waals surface area contributed by atoms with Crippen LogP contribution in [0.25, 0.3) is 0 Å². The molecular formula is C14H20N2O2S. The summed E-state index contributed by atoms with van der Waals surface area (Å²) in [5.41, 5.74) is 0.752. The van der Waals surface area contributed by atoms with Gasteiger partial charge in [0, 0.05) is 30.0 Å². The summed E-state index contributed by atoms with van der Waals surface area (Å²) in [6, 6.07) is 4.08. The lowest BCUT2D eigenvalue weighted by atomic mass is 10.2. The van der Waals surface area contributed by atoms with Gasteiger partial charge in [0.15, 0.2) is 0 Å². The molecule has 0 radical (unpaired) electrons. The number of rotatable bonds is 8. The van der Waals surface area contributed by atoms with Crippen molar-refractivity contribution in [2.24, 2.45) is 0 Å². The summed E-state index contributed by atoms with van der Waals surface area (Å²) in [7, 11) is 0. The largest absolute Gasteiger partial charge is 0.379 e. The van der Waals surface area contributed by atoms with E-state index in [4.69, 9.17) is 14.7 Å². The van der Waals surface area contributed by atoms with E-state index in [0.717, 1.165) is 51.3 Å². The molecule has 2 rings (SSSR count). The number of hydrogen-bond acceptors (Lipinski definition) is 5. The van der Waals surface area contributed by atoms with Gasteiger partial charge in [0.05, 0.1) is 18.3 Å². The van der Waals surface area contributed by atoms with Gasteiger partial charge in [-0.2, -0.15) is 5.26 Å². The molecule has 1 aliphatic rings. The quantitative estimate of drug-likeness (QED) is 0.742. The summed E-state index contributed by atoms with van der Waals surface area (Å²) in [4.78, 5) is 1.21. The molecule has 0 saturated carbocycles. The molecule has 0 aliphatic carbocycles. The molecule has 1 aliphatic heterocycles. The van der Waals surface area contributed by atoms with Crippen molar-refractivity contribution < 1.29 is 9.47 Å². The number of nitrogens with one attached hydrogen (secondary N) is 1. The summed E-state index contributed by atoms with van der Waals surface area (Å²) in [5.74, 6) is 0. The molecule has 0 bridgehead atoms. The molecule has 0 spiro atoms. The summed E-state index contributed by atoms with van der Waals surface area (Å²) in [6.45, 7) is 4.17. The Balaban J connectivity index is 1.44. The van der Waals surface area contributed by atoms with E-state index in [0.29, 0.717) is 6.10 Å². The van der Waals surface area contributed by atoms with Crippen molar-refractivity contribution in [1.82, 2.24) is 5.32 Å². The van der Waals surface area contributed by atoms with E-state index in [1.165, 1.54) is 11.3 Å². The molecule has 1 N–H and O–H groups in total. The fourth-order valence-electron chi connectivity index (χ4n) is 2.03. The highest BCUT2D eigenvalue weighted by molar-refractivity contribution is 7.10. The Morgan fingerprint density at radius 1 is 1.58 bits per heavy atom. The molecule has 1 fully saturated rings. The van der Waals surface area contributed by atoms with Crippen LogP contribution in [0.2, 0.25) is 0 Å². The van der Waals surface area contributed by atoms with Gasteiger partial charge in [0.25, 0.3) is 0 Å². The molecule has 1 saturated heterocycles. The Kier molecular flexibility index (Phi) is 6.31. The van der Waals surface area contributed by atoms with Crippen molar-refractivity contribution in [1.29, 1.82) is 5.26 Å². The van der Waals surface area contributed by atoms with Crippen LogP contribution < -0.4 is 5.32 Å². The molecule has 1 aromatic heterocycles. The topological polar surface area (TPSA) is 54.3 Å². The zero-order chi connectivity index (χ0) is 13.3. The van der Waals surface area contributed by atoms with Gasteiger partial charge in [0.1, 0.15) is 6.07 Å². The van der Waals surface area contributed by atoms with E-state index in [2.05, 4.69) is 11.4 Å². The van der Waals surface area contributed by atoms with Gasteiger partial charge in [-0.25, -0.2) is 0 Å². The Morgan fingerprint density at radius 2 is 2.53 bits per heavy atom. The first-order valence-electron chi connectivity index (χ1n) is 6.76. The van der Waals surface area contributed by atoms with Gasteiger partial charge in [-0.3, -0.25) is 0 Å². The Bertz CT molecular complexity index is 408. The summed E-state index contributed by atoms with van der Waals surface area (Å²) >= 11 is 1.63. The van der Waals surface area contributed by atoms with Crippen LogP contribution >= 0.6 is 11.3 Å². The maximum absolute atomic E-state index is 8.72. The molecule has 2 heterocycles. The average molecular weight is 280 g/mol. The zero-order valence-corrected chi connectivity index (χ0v) is 11.9. The van der Waals surface area contributed by atoms with Crippen LogP contribution in [0.3, 0.4) is 0 Å². The minimum atomic E-state index is 0.323. The summed E-state index contributed by atoms with van der Waals surface area (Å²) in [6.07, 6.45) is 3.63. The van der Waals surface area contributed by atoms with Crippen molar-refractivity contribution >= 4 is 11.3 Å². The fourth-order valence-corrected chi connectivity index (χ4v) is 2.81. The molecule has 5 heteroatoms. The van der Waals surface area contributed by atoms with Crippen LogP contribution in [0.1, 0.15) is 29.7 Å². The standard InChI is InChI=1S/C14H20N2O2S/c15-8-12-7-14(19-11-12)9-16-4-2-5-17-10-13-3-1-6-18-13/h7,11,13,16H,1-6,9-10H2. The smallest absolute Gasteiger partial charge is 0.100 e. The molecule has 1 atom stereocenters. The van der Waals surface area contributed by atoms with Gasteiger partial charge in [-0.15, -0.1) is 11.3 Å². The Morgan fingerprint density at radius 3 is 3.26 bits per heavy atom. The normalized spacial score (nSPS) is 18.6. The predicted octanol–water partition coefficient (Wildman–Crippen LogP) is 2.30. The van der Waals surface area contributed by atoms with Gasteiger partial charge < -0.3 is 14.8 Å².